The molecule has 7 nitrogen and oxygen atoms in total. The molecule has 2 aliphatic rings. The molecule has 5 rings (SSSR count). The number of hydrogen-bond donors (Lipinski definition) is 2. The zero-order valence-electron chi connectivity index (χ0n) is 21.0. The van der Waals surface area contributed by atoms with Crippen molar-refractivity contribution in [1.82, 2.24) is 19.5 Å². The van der Waals surface area contributed by atoms with E-state index in [1.807, 2.05) is 4.52 Å². The molecule has 0 radical (unpaired) electrons. The normalized spacial score (nSPS) is 22.3. The van der Waals surface area contributed by atoms with Gasteiger partial charge in [-0.05, 0) is 49.8 Å². The van der Waals surface area contributed by atoms with E-state index < -0.39 is 18.6 Å². The monoisotopic (exact) mass is 517 g/mol. The summed E-state index contributed by atoms with van der Waals surface area (Å²) in [6.45, 7) is 5.75. The molecule has 2 N–H and O–H groups in total. The summed E-state index contributed by atoms with van der Waals surface area (Å²) in [4.78, 5) is 6.74. The second-order valence-corrected chi connectivity index (χ2v) is 10.3. The summed E-state index contributed by atoms with van der Waals surface area (Å²) in [7, 11) is 0. The molecular formula is C27H34F3N5O2. The van der Waals surface area contributed by atoms with Gasteiger partial charge in [0.05, 0.1) is 37.5 Å². The first-order valence-electron chi connectivity index (χ1n) is 13.0. The minimum absolute atomic E-state index is 0.171. The summed E-state index contributed by atoms with van der Waals surface area (Å²) >= 11 is 0. The Labute approximate surface area is 214 Å². The van der Waals surface area contributed by atoms with E-state index in [4.69, 9.17) is 4.74 Å². The summed E-state index contributed by atoms with van der Waals surface area (Å²) < 4.78 is 45.8. The molecule has 0 bridgehead atoms. The Bertz CT molecular complexity index is 1180. The van der Waals surface area contributed by atoms with Crippen LogP contribution in [0.5, 0.6) is 0 Å². The number of nitrogens with one attached hydrogen (secondary N) is 1. The predicted molar refractivity (Wildman–Crippen MR) is 135 cm³/mol. The lowest BCUT2D eigenvalue weighted by molar-refractivity contribution is -0.136. The quantitative estimate of drug-likeness (QED) is 0.460. The number of benzene rings is 1. The van der Waals surface area contributed by atoms with E-state index in [-0.39, 0.29) is 18.0 Å². The second-order valence-electron chi connectivity index (χ2n) is 10.3. The molecule has 2 fully saturated rings. The van der Waals surface area contributed by atoms with E-state index in [0.29, 0.717) is 0 Å². The molecule has 200 valence electrons. The topological polar surface area (TPSA) is 74.9 Å². The molecule has 1 saturated heterocycles. The molecule has 1 aliphatic heterocycles. The lowest BCUT2D eigenvalue weighted by Gasteiger charge is -2.26. The SMILES string of the molecule is C[C@@H](CC(F)(F)F)Nc1ncc2c(-c3ccc(CN4CCOCC4)cc3)cc(C3CCC(O)CC3)n2n1. The number of hydrogen-bond acceptors (Lipinski definition) is 6. The lowest BCUT2D eigenvalue weighted by Crippen LogP contribution is -2.35. The number of halogens is 3. The molecule has 1 aliphatic carbocycles. The van der Waals surface area contributed by atoms with Crippen molar-refractivity contribution in [2.75, 3.05) is 31.6 Å². The maximum atomic E-state index is 12.8. The molecule has 2 aromatic heterocycles. The molecule has 0 unspecified atom stereocenters. The maximum Gasteiger partial charge on any atom is 0.391 e. The zero-order valence-corrected chi connectivity index (χ0v) is 21.0. The lowest BCUT2D eigenvalue weighted by atomic mass is 9.85. The summed E-state index contributed by atoms with van der Waals surface area (Å²) in [5.41, 5.74) is 5.09. The van der Waals surface area contributed by atoms with Crippen LogP contribution < -0.4 is 5.32 Å². The Morgan fingerprint density at radius 2 is 1.81 bits per heavy atom. The maximum absolute atomic E-state index is 12.8. The first-order valence-corrected chi connectivity index (χ1v) is 13.0. The first kappa shape index (κ1) is 25.9. The predicted octanol–water partition coefficient (Wildman–Crippen LogP) is 5.00. The van der Waals surface area contributed by atoms with E-state index in [0.717, 1.165) is 80.9 Å². The largest absolute Gasteiger partial charge is 0.393 e. The van der Waals surface area contributed by atoms with Gasteiger partial charge in [0.2, 0.25) is 5.95 Å². The summed E-state index contributed by atoms with van der Waals surface area (Å²) in [5, 5.41) is 17.4. The highest BCUT2D eigenvalue weighted by Gasteiger charge is 2.30. The smallest absolute Gasteiger partial charge is 0.391 e. The van der Waals surface area contributed by atoms with Gasteiger partial charge in [-0.2, -0.15) is 13.2 Å². The van der Waals surface area contributed by atoms with Crippen LogP contribution in [0.3, 0.4) is 0 Å². The van der Waals surface area contributed by atoms with Crippen LogP contribution in [0.4, 0.5) is 19.1 Å². The Balaban J connectivity index is 1.44. The van der Waals surface area contributed by atoms with Gasteiger partial charge in [0, 0.05) is 42.9 Å². The summed E-state index contributed by atoms with van der Waals surface area (Å²) in [6.07, 6.45) is -0.700. The summed E-state index contributed by atoms with van der Waals surface area (Å²) in [5.74, 6) is 0.380. The fourth-order valence-electron chi connectivity index (χ4n) is 5.40. The third kappa shape index (κ3) is 6.42. The number of rotatable bonds is 7. The van der Waals surface area contributed by atoms with Crippen LogP contribution in [0.15, 0.2) is 36.5 Å². The van der Waals surface area contributed by atoms with Gasteiger partial charge in [-0.3, -0.25) is 4.90 Å². The average Bonchev–Trinajstić information content (AvgIpc) is 3.23. The van der Waals surface area contributed by atoms with Crippen LogP contribution in [-0.2, 0) is 11.3 Å². The van der Waals surface area contributed by atoms with Crippen LogP contribution in [0.2, 0.25) is 0 Å². The second kappa shape index (κ2) is 11.0. The number of aromatic nitrogens is 3. The van der Waals surface area contributed by atoms with E-state index in [9.17, 15) is 18.3 Å². The minimum atomic E-state index is -4.26. The fourth-order valence-corrected chi connectivity index (χ4v) is 5.40. The molecule has 0 amide bonds. The third-order valence-corrected chi connectivity index (χ3v) is 7.35. The van der Waals surface area contributed by atoms with Gasteiger partial charge in [-0.25, -0.2) is 9.50 Å². The minimum Gasteiger partial charge on any atom is -0.393 e. The summed E-state index contributed by atoms with van der Waals surface area (Å²) in [6, 6.07) is 9.78. The van der Waals surface area contributed by atoms with Crippen molar-refractivity contribution >= 4 is 11.5 Å². The Morgan fingerprint density at radius 1 is 1.11 bits per heavy atom. The Hall–Kier alpha value is -2.69. The number of nitrogens with zero attached hydrogens (tertiary/aromatic N) is 4. The van der Waals surface area contributed by atoms with Crippen molar-refractivity contribution in [2.45, 2.75) is 69.8 Å². The highest BCUT2D eigenvalue weighted by Crippen LogP contribution is 2.38. The van der Waals surface area contributed by atoms with Crippen molar-refractivity contribution in [1.29, 1.82) is 0 Å². The molecule has 1 aromatic carbocycles. The molecule has 37 heavy (non-hydrogen) atoms. The van der Waals surface area contributed by atoms with Crippen molar-refractivity contribution in [3.8, 4) is 11.1 Å². The molecule has 1 saturated carbocycles. The number of alkyl halides is 3. The number of aliphatic hydroxyl groups excluding tert-OH is 1. The van der Waals surface area contributed by atoms with Crippen molar-refractivity contribution in [2.24, 2.45) is 0 Å². The third-order valence-electron chi connectivity index (χ3n) is 7.35. The number of anilines is 1. The van der Waals surface area contributed by atoms with Crippen LogP contribution in [0.25, 0.3) is 16.6 Å². The van der Waals surface area contributed by atoms with Crippen molar-refractivity contribution < 1.29 is 23.0 Å². The fraction of sp³-hybridized carbons (Fsp3) is 0.556. The molecule has 1 atom stereocenters. The van der Waals surface area contributed by atoms with Gasteiger partial charge < -0.3 is 15.2 Å². The van der Waals surface area contributed by atoms with E-state index in [1.54, 1.807) is 6.20 Å². The molecule has 3 heterocycles. The van der Waals surface area contributed by atoms with Crippen molar-refractivity contribution in [3.63, 3.8) is 0 Å². The van der Waals surface area contributed by atoms with E-state index in [1.165, 1.54) is 12.5 Å². The van der Waals surface area contributed by atoms with Gasteiger partial charge in [-0.1, -0.05) is 24.3 Å². The van der Waals surface area contributed by atoms with Crippen LogP contribution >= 0.6 is 0 Å². The first-order chi connectivity index (χ1) is 17.7. The molecular weight excluding hydrogens is 483 g/mol. The van der Waals surface area contributed by atoms with Crippen LogP contribution in [0, 0.1) is 0 Å². The van der Waals surface area contributed by atoms with Gasteiger partial charge in [0.1, 0.15) is 0 Å². The standard InChI is InChI=1S/C27H34F3N5O2/c1-18(15-27(28,29)30)32-26-31-16-25-23(14-24(35(25)33-26)21-6-8-22(36)9-7-21)20-4-2-19(3-5-20)17-34-10-12-37-13-11-34/h2-5,14,16,18,21-22,36H,6-13,15,17H2,1H3,(H,32,33)/t18-,21?,22?/m0/s1. The highest BCUT2D eigenvalue weighted by molar-refractivity contribution is 5.81. The molecule has 0 spiro atoms. The number of aliphatic hydroxyl groups is 1. The number of morpholine rings is 1. The highest BCUT2D eigenvalue weighted by atomic mass is 19.4. The van der Waals surface area contributed by atoms with Gasteiger partial charge >= 0.3 is 6.18 Å². The van der Waals surface area contributed by atoms with Gasteiger partial charge in [0.25, 0.3) is 0 Å². The Morgan fingerprint density at radius 3 is 2.49 bits per heavy atom. The molecule has 3 aromatic rings. The number of fused-ring (bicyclic) bond motifs is 1. The van der Waals surface area contributed by atoms with Crippen molar-refractivity contribution in [3.05, 3.63) is 47.8 Å². The Kier molecular flexibility index (Phi) is 7.69. The van der Waals surface area contributed by atoms with Gasteiger partial charge in [0.15, 0.2) is 0 Å². The zero-order chi connectivity index (χ0) is 26.0. The van der Waals surface area contributed by atoms with Gasteiger partial charge in [-0.15, -0.1) is 5.10 Å². The average molecular weight is 518 g/mol. The van der Waals surface area contributed by atoms with E-state index >= 15 is 0 Å². The van der Waals surface area contributed by atoms with E-state index in [2.05, 4.69) is 50.6 Å². The van der Waals surface area contributed by atoms with Crippen LogP contribution in [0.1, 0.15) is 56.2 Å². The number of ether oxygens (including phenoxy) is 1. The molecule has 10 heteroatoms. The van der Waals surface area contributed by atoms with Crippen LogP contribution in [-0.4, -0.2) is 69.2 Å².